The molecule has 0 aliphatic carbocycles. The van der Waals surface area contributed by atoms with Crippen molar-refractivity contribution in [2.45, 2.75) is 32.2 Å². The van der Waals surface area contributed by atoms with E-state index in [1.165, 1.54) is 6.20 Å². The molecule has 5 rings (SSSR count). The molecule has 1 aromatic carbocycles. The number of aromatic nitrogens is 4. The molecule has 0 bridgehead atoms. The number of pyridine rings is 2. The van der Waals surface area contributed by atoms with Gasteiger partial charge in [0.15, 0.2) is 0 Å². The molecule has 1 aliphatic rings. The van der Waals surface area contributed by atoms with Crippen LogP contribution < -0.4 is 9.80 Å². The number of imidazole rings is 1. The van der Waals surface area contributed by atoms with Gasteiger partial charge in [0.2, 0.25) is 5.95 Å². The maximum absolute atomic E-state index is 13.6. The molecule has 4 heterocycles. The lowest BCUT2D eigenvalue weighted by Gasteiger charge is -2.40. The molecule has 2 atom stereocenters. The highest BCUT2D eigenvalue weighted by Gasteiger charge is 2.33. The van der Waals surface area contributed by atoms with Crippen molar-refractivity contribution in [1.29, 1.82) is 0 Å². The summed E-state index contributed by atoms with van der Waals surface area (Å²) in [4.78, 5) is 20.4. The van der Waals surface area contributed by atoms with Gasteiger partial charge in [0.1, 0.15) is 5.82 Å². The van der Waals surface area contributed by atoms with Crippen molar-refractivity contribution in [3.05, 3.63) is 65.1 Å². The minimum absolute atomic E-state index is 0.0300. The molecule has 7 nitrogen and oxygen atoms in total. The summed E-state index contributed by atoms with van der Waals surface area (Å²) in [6.07, 6.45) is -0.440. The first kappa shape index (κ1) is 24.3. The highest BCUT2D eigenvalue weighted by molar-refractivity contribution is 6.33. The van der Waals surface area contributed by atoms with Gasteiger partial charge in [-0.3, -0.25) is 4.98 Å². The Kier molecular flexibility index (Phi) is 6.25. The summed E-state index contributed by atoms with van der Waals surface area (Å²) in [5.41, 5.74) is 1.62. The van der Waals surface area contributed by atoms with E-state index in [2.05, 4.69) is 24.8 Å². The Bertz CT molecular complexity index is 1390. The highest BCUT2D eigenvalue weighted by atomic mass is 35.5. The van der Waals surface area contributed by atoms with Crippen LogP contribution in [-0.2, 0) is 6.18 Å². The Morgan fingerprint density at radius 3 is 2.64 bits per heavy atom. The second kappa shape index (κ2) is 9.25. The highest BCUT2D eigenvalue weighted by Crippen LogP contribution is 2.37. The van der Waals surface area contributed by atoms with Gasteiger partial charge in [0.25, 0.3) is 0 Å². The first-order valence-electron chi connectivity index (χ1n) is 11.5. The summed E-state index contributed by atoms with van der Waals surface area (Å²) in [6, 6.07) is 7.30. The van der Waals surface area contributed by atoms with Crippen molar-refractivity contribution in [1.82, 2.24) is 19.9 Å². The molecule has 0 unspecified atom stereocenters. The molecule has 0 spiro atoms. The third kappa shape index (κ3) is 4.58. The summed E-state index contributed by atoms with van der Waals surface area (Å²) in [5, 5.41) is 10.2. The number of nitrogens with zero attached hydrogens (tertiary/aromatic N) is 5. The maximum Gasteiger partial charge on any atom is 0.416 e. The Morgan fingerprint density at radius 2 is 2.00 bits per heavy atom. The molecular formula is C25H24ClF3N6O. The number of fused-ring (bicyclic) bond motifs is 1. The molecule has 1 saturated heterocycles. The summed E-state index contributed by atoms with van der Waals surface area (Å²) in [6.45, 7) is 5.40. The van der Waals surface area contributed by atoms with E-state index >= 15 is 0 Å². The summed E-state index contributed by atoms with van der Waals surface area (Å²) < 4.78 is 40.9. The topological polar surface area (TPSA) is 81.2 Å². The molecule has 1 aliphatic heterocycles. The van der Waals surface area contributed by atoms with Crippen molar-refractivity contribution in [2.75, 3.05) is 29.4 Å². The minimum Gasteiger partial charge on any atom is -0.389 e. The number of hydrogen-bond donors (Lipinski definition) is 2. The zero-order valence-corrected chi connectivity index (χ0v) is 20.3. The van der Waals surface area contributed by atoms with Crippen LogP contribution in [0.15, 0.2) is 48.9 Å². The van der Waals surface area contributed by atoms with Gasteiger partial charge in [-0.15, -0.1) is 0 Å². The van der Waals surface area contributed by atoms with Gasteiger partial charge in [-0.05, 0) is 38.1 Å². The van der Waals surface area contributed by atoms with E-state index in [0.29, 0.717) is 58.6 Å². The van der Waals surface area contributed by atoms with Gasteiger partial charge in [-0.2, -0.15) is 13.2 Å². The van der Waals surface area contributed by atoms with Crippen molar-refractivity contribution in [3.63, 3.8) is 0 Å². The normalized spacial score (nSPS) is 17.6. The number of hydrogen-bond acceptors (Lipinski definition) is 6. The van der Waals surface area contributed by atoms with Crippen LogP contribution in [0.2, 0.25) is 5.02 Å². The smallest absolute Gasteiger partial charge is 0.389 e. The monoisotopic (exact) mass is 516 g/mol. The molecular weight excluding hydrogens is 493 g/mol. The molecule has 188 valence electrons. The lowest BCUT2D eigenvalue weighted by molar-refractivity contribution is -0.137. The quantitative estimate of drug-likeness (QED) is 0.375. The predicted molar refractivity (Wildman–Crippen MR) is 133 cm³/mol. The number of H-pyrrole nitrogens is 1. The zero-order valence-electron chi connectivity index (χ0n) is 19.6. The van der Waals surface area contributed by atoms with Crippen LogP contribution in [0.5, 0.6) is 0 Å². The fourth-order valence-electron chi connectivity index (χ4n) is 4.52. The van der Waals surface area contributed by atoms with Gasteiger partial charge in [-0.1, -0.05) is 17.7 Å². The Morgan fingerprint density at radius 1 is 1.19 bits per heavy atom. The van der Waals surface area contributed by atoms with Crippen LogP contribution in [0.1, 0.15) is 31.1 Å². The van der Waals surface area contributed by atoms with Crippen molar-refractivity contribution in [3.8, 4) is 11.1 Å². The van der Waals surface area contributed by atoms with Crippen molar-refractivity contribution >= 4 is 34.4 Å². The number of piperazine rings is 1. The number of aliphatic hydroxyl groups excluding tert-OH is 1. The third-order valence-electron chi connectivity index (χ3n) is 6.40. The standard InChI is InChI=1S/C25H24ClF3N6O/c1-14-13-34(23-20(26)8-17(12-31-23)15(2)36)6-7-35(14)24-32-21-10-18(25(27,28)29)9-19(22(21)33-24)16-4-3-5-30-11-16/h3-5,8-12,14-15,36H,6-7,13H2,1-2H3,(H,32,33)/t14-,15+/m1/s1. The molecule has 3 aromatic heterocycles. The second-order valence-electron chi connectivity index (χ2n) is 8.96. The largest absolute Gasteiger partial charge is 0.416 e. The molecule has 1 fully saturated rings. The summed E-state index contributed by atoms with van der Waals surface area (Å²) >= 11 is 6.44. The molecule has 2 N–H and O–H groups in total. The lowest BCUT2D eigenvalue weighted by atomic mass is 10.0. The molecule has 11 heteroatoms. The second-order valence-corrected chi connectivity index (χ2v) is 9.36. The fraction of sp³-hybridized carbons (Fsp3) is 0.320. The van der Waals surface area contributed by atoms with E-state index in [1.807, 2.05) is 11.8 Å². The van der Waals surface area contributed by atoms with Gasteiger partial charge >= 0.3 is 6.18 Å². The van der Waals surface area contributed by atoms with E-state index in [1.54, 1.807) is 37.5 Å². The van der Waals surface area contributed by atoms with Crippen LogP contribution in [0, 0.1) is 0 Å². The van der Waals surface area contributed by atoms with Gasteiger partial charge in [0.05, 0.1) is 27.7 Å². The molecule has 36 heavy (non-hydrogen) atoms. The molecule has 0 saturated carbocycles. The molecule has 0 radical (unpaired) electrons. The first-order chi connectivity index (χ1) is 17.1. The Hall–Kier alpha value is -3.37. The summed E-state index contributed by atoms with van der Waals surface area (Å²) in [7, 11) is 0. The number of nitrogens with one attached hydrogen (secondary N) is 1. The first-order valence-corrected chi connectivity index (χ1v) is 11.9. The van der Waals surface area contributed by atoms with Crippen LogP contribution in [-0.4, -0.2) is 50.7 Å². The minimum atomic E-state index is -4.50. The average molecular weight is 517 g/mol. The SMILES string of the molecule is C[C@H](O)c1cnc(N2CCN(c3nc4cc(C(F)(F)F)cc(-c5cccnc5)c4[nH]3)[C@H](C)C2)c(Cl)c1. The van der Waals surface area contributed by atoms with E-state index < -0.39 is 17.8 Å². The number of aromatic amines is 1. The Labute approximate surface area is 210 Å². The number of aliphatic hydroxyl groups is 1. The van der Waals surface area contributed by atoms with E-state index in [0.717, 1.165) is 12.1 Å². The van der Waals surface area contributed by atoms with Gasteiger partial charge in [0, 0.05) is 61.0 Å². The predicted octanol–water partition coefficient (Wildman–Crippen LogP) is 5.46. The zero-order chi connectivity index (χ0) is 25.6. The van der Waals surface area contributed by atoms with Gasteiger partial charge in [-0.25, -0.2) is 9.97 Å². The van der Waals surface area contributed by atoms with Crippen molar-refractivity contribution in [2.24, 2.45) is 0 Å². The number of benzene rings is 1. The van der Waals surface area contributed by atoms with E-state index in [4.69, 9.17) is 11.6 Å². The fourth-order valence-corrected chi connectivity index (χ4v) is 4.82. The summed E-state index contributed by atoms with van der Waals surface area (Å²) in [5.74, 6) is 1.14. The van der Waals surface area contributed by atoms with Crippen LogP contribution >= 0.6 is 11.6 Å². The number of alkyl halides is 3. The van der Waals surface area contributed by atoms with Crippen LogP contribution in [0.4, 0.5) is 24.9 Å². The van der Waals surface area contributed by atoms with Crippen LogP contribution in [0.25, 0.3) is 22.2 Å². The number of halogens is 4. The van der Waals surface area contributed by atoms with Crippen LogP contribution in [0.3, 0.4) is 0 Å². The van der Waals surface area contributed by atoms with Crippen molar-refractivity contribution < 1.29 is 18.3 Å². The maximum atomic E-state index is 13.6. The number of rotatable bonds is 4. The number of anilines is 2. The Balaban J connectivity index is 1.46. The molecule has 4 aromatic rings. The van der Waals surface area contributed by atoms with E-state index in [9.17, 15) is 18.3 Å². The lowest BCUT2D eigenvalue weighted by Crippen LogP contribution is -2.52. The average Bonchev–Trinajstić information content (AvgIpc) is 3.27. The molecule has 0 amide bonds. The third-order valence-corrected chi connectivity index (χ3v) is 6.68. The van der Waals surface area contributed by atoms with E-state index in [-0.39, 0.29) is 11.6 Å². The van der Waals surface area contributed by atoms with Gasteiger partial charge < -0.3 is 19.9 Å².